The van der Waals surface area contributed by atoms with Crippen LogP contribution in [-0.4, -0.2) is 68.5 Å². The summed E-state index contributed by atoms with van der Waals surface area (Å²) in [7, 11) is 0. The van der Waals surface area contributed by atoms with Crippen LogP contribution in [0.25, 0.3) is 0 Å². The van der Waals surface area contributed by atoms with Crippen LogP contribution in [0.5, 0.6) is 0 Å². The summed E-state index contributed by atoms with van der Waals surface area (Å²) in [5.74, 6) is -0.563. The molecule has 0 atom stereocenters. The van der Waals surface area contributed by atoms with Crippen LogP contribution in [-0.2, 0) is 30.7 Å². The topological polar surface area (TPSA) is 100 Å². The Morgan fingerprint density at radius 1 is 1.06 bits per heavy atom. The first kappa shape index (κ1) is 22.3. The molecule has 1 N–H and O–H groups in total. The molecule has 34 heavy (non-hydrogen) atoms. The van der Waals surface area contributed by atoms with Crippen molar-refractivity contribution in [3.05, 3.63) is 69.4 Å². The Morgan fingerprint density at radius 3 is 2.65 bits per heavy atom. The Bertz CT molecular complexity index is 1190. The molecule has 1 aromatic carbocycles. The highest BCUT2D eigenvalue weighted by Gasteiger charge is 2.33. The number of carbonyl (C=O) groups excluding carboxylic acids is 3. The third kappa shape index (κ3) is 4.58. The van der Waals surface area contributed by atoms with Crippen LogP contribution in [0.2, 0.25) is 0 Å². The lowest BCUT2D eigenvalue weighted by atomic mass is 10.0. The fourth-order valence-corrected chi connectivity index (χ4v) is 5.07. The predicted molar refractivity (Wildman–Crippen MR) is 126 cm³/mol. The molecule has 0 radical (unpaired) electrons. The number of aromatic nitrogens is 3. The molecule has 2 aliphatic heterocycles. The van der Waals surface area contributed by atoms with Crippen LogP contribution < -0.4 is 5.32 Å². The van der Waals surface area contributed by atoms with E-state index in [0.29, 0.717) is 50.5 Å². The molecule has 2 aromatic heterocycles. The normalized spacial score (nSPS) is 15.7. The molecule has 3 amide bonds. The average molecular weight is 479 g/mol. The first-order valence-corrected chi connectivity index (χ1v) is 12.4. The maximum Gasteiger partial charge on any atom is 0.275 e. The van der Waals surface area contributed by atoms with E-state index in [4.69, 9.17) is 5.10 Å². The van der Waals surface area contributed by atoms with Crippen molar-refractivity contribution < 1.29 is 14.4 Å². The molecule has 176 valence electrons. The van der Waals surface area contributed by atoms with Crippen LogP contribution in [0.3, 0.4) is 0 Å². The summed E-state index contributed by atoms with van der Waals surface area (Å²) in [5, 5.41) is 9.21. The molecule has 0 spiro atoms. The summed E-state index contributed by atoms with van der Waals surface area (Å²) in [6.45, 7) is 2.45. The zero-order chi connectivity index (χ0) is 23.5. The molecular formula is C24H26N6O3S. The minimum Gasteiger partial charge on any atom is -0.353 e. The number of nitrogens with zero attached hydrogens (tertiary/aromatic N) is 5. The van der Waals surface area contributed by atoms with Crippen molar-refractivity contribution in [2.45, 2.75) is 32.4 Å². The number of hydrogen-bond donors (Lipinski definition) is 1. The molecule has 3 aromatic rings. The Morgan fingerprint density at radius 2 is 1.88 bits per heavy atom. The van der Waals surface area contributed by atoms with E-state index in [2.05, 4.69) is 22.4 Å². The van der Waals surface area contributed by atoms with Gasteiger partial charge in [-0.1, -0.05) is 30.3 Å². The molecule has 0 bridgehead atoms. The summed E-state index contributed by atoms with van der Waals surface area (Å²) >= 11 is 1.38. The van der Waals surface area contributed by atoms with E-state index in [1.165, 1.54) is 21.8 Å². The fraction of sp³-hybridized carbons (Fsp3) is 0.375. The molecule has 9 nitrogen and oxygen atoms in total. The third-order valence-electron chi connectivity index (χ3n) is 6.28. The first-order valence-electron chi connectivity index (χ1n) is 11.5. The van der Waals surface area contributed by atoms with Gasteiger partial charge in [-0.2, -0.15) is 5.10 Å². The second-order valence-corrected chi connectivity index (χ2v) is 9.23. The minimum absolute atomic E-state index is 0.0238. The smallest absolute Gasteiger partial charge is 0.275 e. The highest BCUT2D eigenvalue weighted by atomic mass is 32.1. The van der Waals surface area contributed by atoms with Crippen LogP contribution in [0, 0.1) is 0 Å². The van der Waals surface area contributed by atoms with Crippen LogP contribution >= 0.6 is 11.3 Å². The highest BCUT2D eigenvalue weighted by molar-refractivity contribution is 7.07. The average Bonchev–Trinajstić information content (AvgIpc) is 3.52. The fourth-order valence-electron chi connectivity index (χ4n) is 4.54. The number of amides is 3. The number of nitrogens with one attached hydrogen (secondary N) is 1. The number of rotatable bonds is 6. The quantitative estimate of drug-likeness (QED) is 0.582. The Labute approximate surface area is 201 Å². The number of benzene rings is 1. The summed E-state index contributed by atoms with van der Waals surface area (Å²) in [5.41, 5.74) is 5.46. The molecule has 10 heteroatoms. The van der Waals surface area contributed by atoms with E-state index in [1.54, 1.807) is 15.8 Å². The molecule has 0 saturated carbocycles. The van der Waals surface area contributed by atoms with E-state index in [-0.39, 0.29) is 24.3 Å². The summed E-state index contributed by atoms with van der Waals surface area (Å²) in [6.07, 6.45) is 2.43. The van der Waals surface area contributed by atoms with E-state index in [9.17, 15) is 14.4 Å². The highest BCUT2D eigenvalue weighted by Crippen LogP contribution is 2.26. The summed E-state index contributed by atoms with van der Waals surface area (Å²) in [4.78, 5) is 45.6. The van der Waals surface area contributed by atoms with E-state index in [0.717, 1.165) is 24.1 Å². The molecule has 4 heterocycles. The SMILES string of the molecule is O=C1CN(C(=O)c2nn(CCCc3ccccc3)c3c2CN(C(=O)c2cscn2)CC3)CCN1. The molecular weight excluding hydrogens is 452 g/mol. The number of fused-ring (bicyclic) bond motifs is 1. The monoisotopic (exact) mass is 478 g/mol. The van der Waals surface area contributed by atoms with Gasteiger partial charge in [-0.3, -0.25) is 19.1 Å². The van der Waals surface area contributed by atoms with Gasteiger partial charge in [0.05, 0.1) is 18.6 Å². The molecule has 1 saturated heterocycles. The van der Waals surface area contributed by atoms with Crippen LogP contribution in [0.15, 0.2) is 41.2 Å². The van der Waals surface area contributed by atoms with Gasteiger partial charge in [-0.15, -0.1) is 11.3 Å². The van der Waals surface area contributed by atoms with Gasteiger partial charge in [0.2, 0.25) is 5.91 Å². The van der Waals surface area contributed by atoms with Gasteiger partial charge < -0.3 is 15.1 Å². The van der Waals surface area contributed by atoms with Crippen molar-refractivity contribution >= 4 is 29.1 Å². The molecule has 0 unspecified atom stereocenters. The predicted octanol–water partition coefficient (Wildman–Crippen LogP) is 1.74. The van der Waals surface area contributed by atoms with E-state index in [1.807, 2.05) is 22.9 Å². The first-order chi connectivity index (χ1) is 16.6. The van der Waals surface area contributed by atoms with E-state index < -0.39 is 0 Å². The standard InChI is InChI=1S/C24H26N6O3S/c31-21-14-29(12-9-25-21)24(33)22-18-13-28(23(32)19-15-34-16-26-19)11-8-20(18)30(27-22)10-4-7-17-5-2-1-3-6-17/h1-3,5-6,15-16H,4,7-14H2,(H,25,31). The van der Waals surface area contributed by atoms with Crippen molar-refractivity contribution in [3.8, 4) is 0 Å². The minimum atomic E-state index is -0.254. The van der Waals surface area contributed by atoms with E-state index >= 15 is 0 Å². The molecule has 1 fully saturated rings. The second kappa shape index (κ2) is 9.76. The van der Waals surface area contributed by atoms with Gasteiger partial charge in [0.25, 0.3) is 11.8 Å². The van der Waals surface area contributed by atoms with Crippen molar-refractivity contribution in [3.63, 3.8) is 0 Å². The Hall–Kier alpha value is -3.53. The number of aryl methyl sites for hydroxylation is 2. The van der Waals surface area contributed by atoms with Gasteiger partial charge in [-0.25, -0.2) is 4.98 Å². The van der Waals surface area contributed by atoms with Crippen molar-refractivity contribution in [2.75, 3.05) is 26.2 Å². The lowest BCUT2D eigenvalue weighted by Gasteiger charge is -2.29. The Balaban J connectivity index is 1.39. The van der Waals surface area contributed by atoms with Gasteiger partial charge in [-0.05, 0) is 18.4 Å². The zero-order valence-corrected chi connectivity index (χ0v) is 19.6. The summed E-state index contributed by atoms with van der Waals surface area (Å²) < 4.78 is 1.93. The van der Waals surface area contributed by atoms with Gasteiger partial charge >= 0.3 is 0 Å². The largest absolute Gasteiger partial charge is 0.353 e. The molecule has 0 aliphatic carbocycles. The number of thiazole rings is 1. The molecule has 5 rings (SSSR count). The molecule has 2 aliphatic rings. The zero-order valence-electron chi connectivity index (χ0n) is 18.8. The maximum absolute atomic E-state index is 13.4. The van der Waals surface area contributed by atoms with Crippen LogP contribution in [0.1, 0.15) is 44.2 Å². The van der Waals surface area contributed by atoms with Crippen molar-refractivity contribution in [1.29, 1.82) is 0 Å². The number of piperazine rings is 1. The van der Waals surface area contributed by atoms with Gasteiger partial charge in [0.15, 0.2) is 5.69 Å². The third-order valence-corrected chi connectivity index (χ3v) is 6.87. The summed E-state index contributed by atoms with van der Waals surface area (Å²) in [6, 6.07) is 10.3. The second-order valence-electron chi connectivity index (χ2n) is 8.51. The van der Waals surface area contributed by atoms with Crippen molar-refractivity contribution in [2.24, 2.45) is 0 Å². The maximum atomic E-state index is 13.4. The lowest BCUT2D eigenvalue weighted by Crippen LogP contribution is -2.50. The lowest BCUT2D eigenvalue weighted by molar-refractivity contribution is -0.123. The van der Waals surface area contributed by atoms with Gasteiger partial charge in [0.1, 0.15) is 5.69 Å². The number of hydrogen-bond acceptors (Lipinski definition) is 6. The number of carbonyl (C=O) groups is 3. The van der Waals surface area contributed by atoms with Crippen molar-refractivity contribution in [1.82, 2.24) is 29.9 Å². The van der Waals surface area contributed by atoms with Crippen LogP contribution in [0.4, 0.5) is 0 Å². The Kier molecular flexibility index (Phi) is 6.39. The van der Waals surface area contributed by atoms with Gasteiger partial charge in [0, 0.05) is 49.2 Å².